The lowest BCUT2D eigenvalue weighted by molar-refractivity contribution is 0.611. The van der Waals surface area contributed by atoms with E-state index in [-0.39, 0.29) is 0 Å². The molecule has 0 bridgehead atoms. The quantitative estimate of drug-likeness (QED) is 0.819. The standard InChI is InChI=1S/C16H17N/c1-2-8-15(9-3-1)17-16-11-10-13-6-4-5-7-14(13)12-16/h1-9,16-17H,10-12H2/t16-/m1/s1. The molecule has 0 aliphatic heterocycles. The van der Waals surface area contributed by atoms with Crippen LogP contribution in [0.3, 0.4) is 0 Å². The maximum atomic E-state index is 3.62. The first kappa shape index (κ1) is 10.4. The van der Waals surface area contributed by atoms with E-state index in [2.05, 4.69) is 59.9 Å². The van der Waals surface area contributed by atoms with Crippen molar-refractivity contribution < 1.29 is 0 Å². The summed E-state index contributed by atoms with van der Waals surface area (Å²) in [6, 6.07) is 19.9. The van der Waals surface area contributed by atoms with Crippen LogP contribution in [0.25, 0.3) is 0 Å². The molecule has 0 saturated carbocycles. The molecule has 86 valence electrons. The summed E-state index contributed by atoms with van der Waals surface area (Å²) < 4.78 is 0. The van der Waals surface area contributed by atoms with Gasteiger partial charge in [-0.2, -0.15) is 0 Å². The molecule has 2 aromatic carbocycles. The number of aryl methyl sites for hydroxylation is 1. The van der Waals surface area contributed by atoms with Crippen LogP contribution in [-0.4, -0.2) is 6.04 Å². The third-order valence-electron chi connectivity index (χ3n) is 3.49. The number of hydrogen-bond acceptors (Lipinski definition) is 1. The molecule has 0 fully saturated rings. The van der Waals surface area contributed by atoms with Crippen molar-refractivity contribution in [2.45, 2.75) is 25.3 Å². The van der Waals surface area contributed by atoms with Gasteiger partial charge in [-0.15, -0.1) is 0 Å². The molecule has 1 aliphatic rings. The molecule has 1 nitrogen and oxygen atoms in total. The second-order valence-corrected chi connectivity index (χ2v) is 4.72. The van der Waals surface area contributed by atoms with E-state index in [9.17, 15) is 0 Å². The van der Waals surface area contributed by atoms with E-state index in [4.69, 9.17) is 0 Å². The van der Waals surface area contributed by atoms with Gasteiger partial charge in [-0.1, -0.05) is 42.5 Å². The number of nitrogens with one attached hydrogen (secondary N) is 1. The number of rotatable bonds is 2. The minimum Gasteiger partial charge on any atom is -0.382 e. The zero-order valence-electron chi connectivity index (χ0n) is 9.89. The van der Waals surface area contributed by atoms with Gasteiger partial charge < -0.3 is 5.32 Å². The fraction of sp³-hybridized carbons (Fsp3) is 0.250. The second-order valence-electron chi connectivity index (χ2n) is 4.72. The maximum Gasteiger partial charge on any atom is 0.0342 e. The summed E-state index contributed by atoms with van der Waals surface area (Å²) in [5, 5.41) is 3.62. The molecule has 17 heavy (non-hydrogen) atoms. The third kappa shape index (κ3) is 2.33. The maximum absolute atomic E-state index is 3.62. The van der Waals surface area contributed by atoms with Gasteiger partial charge in [0.15, 0.2) is 0 Å². The molecule has 0 amide bonds. The molecule has 1 N–H and O–H groups in total. The van der Waals surface area contributed by atoms with E-state index >= 15 is 0 Å². The molecular formula is C16H17N. The summed E-state index contributed by atoms with van der Waals surface area (Å²) in [5.41, 5.74) is 4.27. The Morgan fingerprint density at radius 2 is 1.53 bits per heavy atom. The SMILES string of the molecule is c1ccc(N[C@@H]2CCc3ccccc3C2)cc1. The van der Waals surface area contributed by atoms with Crippen LogP contribution in [0, 0.1) is 0 Å². The smallest absolute Gasteiger partial charge is 0.0342 e. The molecule has 0 radical (unpaired) electrons. The topological polar surface area (TPSA) is 12.0 Å². The predicted octanol–water partition coefficient (Wildman–Crippen LogP) is 3.66. The van der Waals surface area contributed by atoms with Crippen LogP contribution in [0.2, 0.25) is 0 Å². The van der Waals surface area contributed by atoms with E-state index in [0.29, 0.717) is 6.04 Å². The van der Waals surface area contributed by atoms with Gasteiger partial charge in [-0.25, -0.2) is 0 Å². The highest BCUT2D eigenvalue weighted by molar-refractivity contribution is 5.44. The largest absolute Gasteiger partial charge is 0.382 e. The zero-order valence-corrected chi connectivity index (χ0v) is 9.89. The fourth-order valence-corrected chi connectivity index (χ4v) is 2.59. The van der Waals surface area contributed by atoms with Gasteiger partial charge in [0.25, 0.3) is 0 Å². The Morgan fingerprint density at radius 3 is 2.35 bits per heavy atom. The Labute approximate surface area is 102 Å². The highest BCUT2D eigenvalue weighted by Crippen LogP contribution is 2.23. The first-order valence-corrected chi connectivity index (χ1v) is 6.30. The molecule has 0 spiro atoms. The third-order valence-corrected chi connectivity index (χ3v) is 3.49. The first-order chi connectivity index (χ1) is 8.42. The Balaban J connectivity index is 1.72. The Hall–Kier alpha value is -1.76. The van der Waals surface area contributed by atoms with Gasteiger partial charge in [0.2, 0.25) is 0 Å². The summed E-state index contributed by atoms with van der Waals surface area (Å²) >= 11 is 0. The normalized spacial score (nSPS) is 18.5. The summed E-state index contributed by atoms with van der Waals surface area (Å²) in [6.07, 6.45) is 3.57. The van der Waals surface area contributed by atoms with Crippen molar-refractivity contribution in [1.82, 2.24) is 0 Å². The van der Waals surface area contributed by atoms with Crippen molar-refractivity contribution >= 4 is 5.69 Å². The van der Waals surface area contributed by atoms with Crippen LogP contribution in [0.15, 0.2) is 54.6 Å². The lowest BCUT2D eigenvalue weighted by Gasteiger charge is -2.26. The van der Waals surface area contributed by atoms with Crippen LogP contribution in [0.5, 0.6) is 0 Å². The van der Waals surface area contributed by atoms with Gasteiger partial charge in [-0.05, 0) is 42.5 Å². The fourth-order valence-electron chi connectivity index (χ4n) is 2.59. The minimum atomic E-state index is 0.576. The molecule has 1 aliphatic carbocycles. The Bertz CT molecular complexity index is 490. The van der Waals surface area contributed by atoms with Crippen molar-refractivity contribution in [3.05, 3.63) is 65.7 Å². The average Bonchev–Trinajstić information content (AvgIpc) is 2.40. The zero-order chi connectivity index (χ0) is 11.5. The van der Waals surface area contributed by atoms with Crippen molar-refractivity contribution in [3.63, 3.8) is 0 Å². The number of fused-ring (bicyclic) bond motifs is 1. The monoisotopic (exact) mass is 223 g/mol. The molecule has 1 atom stereocenters. The number of hydrogen-bond donors (Lipinski definition) is 1. The second kappa shape index (κ2) is 4.62. The summed E-state index contributed by atoms with van der Waals surface area (Å²) in [6.45, 7) is 0. The number of anilines is 1. The van der Waals surface area contributed by atoms with Crippen LogP contribution < -0.4 is 5.32 Å². The summed E-state index contributed by atoms with van der Waals surface area (Å²) in [4.78, 5) is 0. The Morgan fingerprint density at radius 1 is 0.824 bits per heavy atom. The molecule has 0 aromatic heterocycles. The highest BCUT2D eigenvalue weighted by Gasteiger charge is 2.17. The van der Waals surface area contributed by atoms with Gasteiger partial charge in [-0.3, -0.25) is 0 Å². The summed E-state index contributed by atoms with van der Waals surface area (Å²) in [5.74, 6) is 0. The molecule has 2 aromatic rings. The van der Waals surface area contributed by atoms with Crippen molar-refractivity contribution in [2.75, 3.05) is 5.32 Å². The molecule has 3 rings (SSSR count). The predicted molar refractivity (Wildman–Crippen MR) is 72.3 cm³/mol. The van der Waals surface area contributed by atoms with Crippen molar-refractivity contribution in [3.8, 4) is 0 Å². The molecule has 0 heterocycles. The van der Waals surface area contributed by atoms with Crippen molar-refractivity contribution in [1.29, 1.82) is 0 Å². The van der Waals surface area contributed by atoms with E-state index in [0.717, 1.165) is 6.42 Å². The van der Waals surface area contributed by atoms with Gasteiger partial charge in [0.05, 0.1) is 0 Å². The van der Waals surface area contributed by atoms with Gasteiger partial charge in [0.1, 0.15) is 0 Å². The van der Waals surface area contributed by atoms with E-state index < -0.39 is 0 Å². The van der Waals surface area contributed by atoms with E-state index in [1.807, 2.05) is 0 Å². The molecule has 0 unspecified atom stereocenters. The van der Waals surface area contributed by atoms with Gasteiger partial charge >= 0.3 is 0 Å². The molecule has 0 saturated heterocycles. The Kier molecular flexibility index (Phi) is 2.83. The molecular weight excluding hydrogens is 206 g/mol. The van der Waals surface area contributed by atoms with E-state index in [1.54, 1.807) is 0 Å². The summed E-state index contributed by atoms with van der Waals surface area (Å²) in [7, 11) is 0. The molecule has 1 heteroatoms. The lowest BCUT2D eigenvalue weighted by Crippen LogP contribution is -2.27. The number of benzene rings is 2. The van der Waals surface area contributed by atoms with Crippen molar-refractivity contribution in [2.24, 2.45) is 0 Å². The van der Waals surface area contributed by atoms with Crippen LogP contribution >= 0.6 is 0 Å². The van der Waals surface area contributed by atoms with E-state index in [1.165, 1.54) is 29.7 Å². The highest BCUT2D eigenvalue weighted by atomic mass is 14.9. The van der Waals surface area contributed by atoms with Crippen LogP contribution in [0.4, 0.5) is 5.69 Å². The lowest BCUT2D eigenvalue weighted by atomic mass is 9.88. The van der Waals surface area contributed by atoms with Gasteiger partial charge in [0, 0.05) is 11.7 Å². The number of para-hydroxylation sites is 1. The van der Waals surface area contributed by atoms with Crippen LogP contribution in [-0.2, 0) is 12.8 Å². The average molecular weight is 223 g/mol. The minimum absolute atomic E-state index is 0.576. The first-order valence-electron chi connectivity index (χ1n) is 6.30. The van der Waals surface area contributed by atoms with Crippen LogP contribution in [0.1, 0.15) is 17.5 Å².